The van der Waals surface area contributed by atoms with Crippen LogP contribution in [-0.4, -0.2) is 19.1 Å². The molecule has 0 unspecified atom stereocenters. The minimum Gasteiger partial charge on any atom is -0.456 e. The van der Waals surface area contributed by atoms with E-state index in [1.807, 2.05) is 48.5 Å². The molecule has 0 N–H and O–H groups in total. The zero-order valence-corrected chi connectivity index (χ0v) is 26.5. The molecule has 50 heavy (non-hydrogen) atoms. The molecule has 0 radical (unpaired) electrons. The van der Waals surface area contributed by atoms with Gasteiger partial charge in [-0.1, -0.05) is 78.9 Å². The Balaban J connectivity index is 1.30. The first kappa shape index (κ1) is 26.1. The lowest BCUT2D eigenvalue weighted by molar-refractivity contribution is 0.486. The van der Waals surface area contributed by atoms with E-state index < -0.39 is 0 Å². The molecule has 4 aromatic heterocycles. The molecule has 0 saturated carbocycles. The van der Waals surface area contributed by atoms with Crippen molar-refractivity contribution < 1.29 is 9.15 Å². The van der Waals surface area contributed by atoms with E-state index in [0.29, 0.717) is 5.95 Å². The summed E-state index contributed by atoms with van der Waals surface area (Å²) in [7, 11) is 0. The summed E-state index contributed by atoms with van der Waals surface area (Å²) >= 11 is 0. The highest BCUT2D eigenvalue weighted by molar-refractivity contribution is 6.32. The topological polar surface area (TPSA) is 58.0 Å². The van der Waals surface area contributed by atoms with Crippen molar-refractivity contribution in [3.05, 3.63) is 146 Å². The lowest BCUT2D eigenvalue weighted by atomic mass is 10.0. The molecule has 232 valence electrons. The summed E-state index contributed by atoms with van der Waals surface area (Å²) in [5.74, 6) is 2.13. The van der Waals surface area contributed by atoms with Crippen molar-refractivity contribution in [3.8, 4) is 34.4 Å². The lowest BCUT2D eigenvalue weighted by Gasteiger charge is -2.20. The first-order valence-corrected chi connectivity index (χ1v) is 16.8. The Morgan fingerprint density at radius 1 is 0.460 bits per heavy atom. The SMILES string of the molecule is c1ccc(-n2c3ccccc3c3c4c5ccc6c7ccccc7oc6c5n(-c5nc6c7c(cccc7n5)Oc5ccccc5-6)c4ccc32)cc1. The fourth-order valence-corrected chi connectivity index (χ4v) is 8.28. The first-order chi connectivity index (χ1) is 24.8. The highest BCUT2D eigenvalue weighted by atomic mass is 16.5. The fraction of sp³-hybridized carbons (Fsp3) is 0. The van der Waals surface area contributed by atoms with E-state index >= 15 is 0 Å². The van der Waals surface area contributed by atoms with Crippen LogP contribution in [0.1, 0.15) is 0 Å². The summed E-state index contributed by atoms with van der Waals surface area (Å²) in [6.07, 6.45) is 0. The first-order valence-electron chi connectivity index (χ1n) is 16.8. The van der Waals surface area contributed by atoms with Gasteiger partial charge in [-0.2, -0.15) is 0 Å². The van der Waals surface area contributed by atoms with Crippen molar-refractivity contribution in [1.29, 1.82) is 0 Å². The number of hydrogen-bond acceptors (Lipinski definition) is 4. The molecule has 0 saturated heterocycles. The van der Waals surface area contributed by atoms with Crippen molar-refractivity contribution in [2.75, 3.05) is 0 Å². The molecular weight excluding hydrogens is 617 g/mol. The van der Waals surface area contributed by atoms with Crippen molar-refractivity contribution in [1.82, 2.24) is 19.1 Å². The van der Waals surface area contributed by atoms with Crippen molar-refractivity contribution in [3.63, 3.8) is 0 Å². The second-order valence-corrected chi connectivity index (χ2v) is 12.9. The second kappa shape index (κ2) is 9.36. The maximum absolute atomic E-state index is 6.76. The Labute approximate surface area is 284 Å². The number of hydrogen-bond donors (Lipinski definition) is 0. The average Bonchev–Trinajstić information content (AvgIpc) is 3.83. The minimum absolute atomic E-state index is 0.584. The predicted molar refractivity (Wildman–Crippen MR) is 201 cm³/mol. The van der Waals surface area contributed by atoms with Crippen LogP contribution in [0.15, 0.2) is 150 Å². The Hall–Kier alpha value is -6.92. The van der Waals surface area contributed by atoms with Crippen molar-refractivity contribution in [2.24, 2.45) is 0 Å². The zero-order valence-electron chi connectivity index (χ0n) is 26.5. The summed E-state index contributed by atoms with van der Waals surface area (Å²) in [6, 6.07) is 50.5. The summed E-state index contributed by atoms with van der Waals surface area (Å²) in [6.45, 7) is 0. The Bertz CT molecular complexity index is 3240. The van der Waals surface area contributed by atoms with Gasteiger partial charge in [-0.15, -0.1) is 0 Å². The van der Waals surface area contributed by atoms with Crippen LogP contribution in [0.3, 0.4) is 0 Å². The van der Waals surface area contributed by atoms with Crippen LogP contribution < -0.4 is 4.74 Å². The van der Waals surface area contributed by atoms with E-state index in [1.54, 1.807) is 0 Å². The summed E-state index contributed by atoms with van der Waals surface area (Å²) in [4.78, 5) is 10.7. The lowest BCUT2D eigenvalue weighted by Crippen LogP contribution is -2.06. The molecule has 6 nitrogen and oxygen atoms in total. The molecule has 0 atom stereocenters. The number of nitrogens with zero attached hydrogens (tertiary/aromatic N) is 4. The molecule has 5 heterocycles. The van der Waals surface area contributed by atoms with Crippen LogP contribution >= 0.6 is 0 Å². The van der Waals surface area contributed by atoms with E-state index in [0.717, 1.165) is 94.1 Å². The Kier molecular flexibility index (Phi) is 4.89. The molecule has 0 fully saturated rings. The highest BCUT2D eigenvalue weighted by Gasteiger charge is 2.27. The average molecular weight is 641 g/mol. The number of para-hydroxylation sites is 4. The molecule has 0 bridgehead atoms. The molecule has 11 aromatic rings. The molecule has 1 aliphatic heterocycles. The van der Waals surface area contributed by atoms with Crippen LogP contribution in [0.2, 0.25) is 0 Å². The number of ether oxygens (including phenoxy) is 1. The van der Waals surface area contributed by atoms with Gasteiger partial charge in [0.25, 0.3) is 0 Å². The molecule has 7 aromatic carbocycles. The van der Waals surface area contributed by atoms with Crippen LogP contribution in [0.25, 0.3) is 99.3 Å². The van der Waals surface area contributed by atoms with E-state index in [9.17, 15) is 0 Å². The fourth-order valence-electron chi connectivity index (χ4n) is 8.28. The quantitative estimate of drug-likeness (QED) is 0.189. The Morgan fingerprint density at radius 2 is 1.18 bits per heavy atom. The number of fused-ring (bicyclic) bond motifs is 13. The normalized spacial score (nSPS) is 12.6. The smallest absolute Gasteiger partial charge is 0.235 e. The molecule has 0 amide bonds. The highest BCUT2D eigenvalue weighted by Crippen LogP contribution is 2.48. The van der Waals surface area contributed by atoms with E-state index in [1.165, 1.54) is 10.8 Å². The van der Waals surface area contributed by atoms with Gasteiger partial charge in [0.15, 0.2) is 5.58 Å². The van der Waals surface area contributed by atoms with Crippen molar-refractivity contribution >= 4 is 76.5 Å². The summed E-state index contributed by atoms with van der Waals surface area (Å²) in [5, 5.41) is 7.65. The van der Waals surface area contributed by atoms with Crippen LogP contribution in [0.5, 0.6) is 11.5 Å². The zero-order chi connectivity index (χ0) is 32.5. The molecule has 0 spiro atoms. The number of furan rings is 1. The third-order valence-corrected chi connectivity index (χ3v) is 10.3. The molecule has 1 aliphatic rings. The number of rotatable bonds is 2. The van der Waals surface area contributed by atoms with Gasteiger partial charge in [-0.05, 0) is 66.7 Å². The van der Waals surface area contributed by atoms with Gasteiger partial charge in [0.2, 0.25) is 5.95 Å². The van der Waals surface area contributed by atoms with E-state index in [4.69, 9.17) is 19.1 Å². The third kappa shape index (κ3) is 3.27. The number of benzene rings is 7. The number of aromatic nitrogens is 4. The van der Waals surface area contributed by atoms with Gasteiger partial charge in [-0.25, -0.2) is 9.97 Å². The second-order valence-electron chi connectivity index (χ2n) is 12.9. The predicted octanol–water partition coefficient (Wildman–Crippen LogP) is 11.5. The minimum atomic E-state index is 0.584. The maximum atomic E-state index is 6.76. The molecule has 0 aliphatic carbocycles. The molecular formula is C44H24N4O2. The summed E-state index contributed by atoms with van der Waals surface area (Å²) in [5.41, 5.74) is 9.67. The van der Waals surface area contributed by atoms with Gasteiger partial charge in [0.05, 0.1) is 33.1 Å². The van der Waals surface area contributed by atoms with Crippen LogP contribution in [0.4, 0.5) is 0 Å². The van der Waals surface area contributed by atoms with E-state index in [-0.39, 0.29) is 0 Å². The largest absolute Gasteiger partial charge is 0.456 e. The third-order valence-electron chi connectivity index (χ3n) is 10.3. The molecule has 6 heteroatoms. The maximum Gasteiger partial charge on any atom is 0.235 e. The van der Waals surface area contributed by atoms with Gasteiger partial charge < -0.3 is 13.7 Å². The van der Waals surface area contributed by atoms with Crippen LogP contribution in [-0.2, 0) is 0 Å². The summed E-state index contributed by atoms with van der Waals surface area (Å²) < 4.78 is 17.7. The standard InChI is InChI=1S/C44H24N4O2/c1-2-11-25(12-3-1)47-32-17-7-4-14-28(32)38-33(47)23-24-34-39(38)30-22-21-27-26-13-5-8-18-35(26)50-43(27)42(30)48(34)44-45-31-16-10-20-37-40(31)41(46-44)29-15-6-9-19-36(29)49-37/h1-24H. The van der Waals surface area contributed by atoms with E-state index in [2.05, 4.69) is 106 Å². The van der Waals surface area contributed by atoms with Gasteiger partial charge in [0, 0.05) is 43.6 Å². The molecule has 12 rings (SSSR count). The van der Waals surface area contributed by atoms with Crippen LogP contribution in [0, 0.1) is 0 Å². The van der Waals surface area contributed by atoms with Gasteiger partial charge in [-0.3, -0.25) is 4.57 Å². The van der Waals surface area contributed by atoms with Crippen molar-refractivity contribution in [2.45, 2.75) is 0 Å². The monoisotopic (exact) mass is 640 g/mol. The van der Waals surface area contributed by atoms with Gasteiger partial charge >= 0.3 is 0 Å². The Morgan fingerprint density at radius 3 is 2.10 bits per heavy atom. The van der Waals surface area contributed by atoms with Gasteiger partial charge in [0.1, 0.15) is 22.6 Å².